The predicted molar refractivity (Wildman–Crippen MR) is 137 cm³/mol. The Bertz CT molecular complexity index is 1310. The molecule has 0 atom stereocenters. The number of carbonyl (C=O) groups excluding carboxylic acids is 1. The second kappa shape index (κ2) is 11.3. The topological polar surface area (TPSA) is 117 Å². The summed E-state index contributed by atoms with van der Waals surface area (Å²) in [7, 11) is 1.53. The van der Waals surface area contributed by atoms with Gasteiger partial charge in [0.15, 0.2) is 23.0 Å². The number of nitro groups is 1. The summed E-state index contributed by atoms with van der Waals surface area (Å²) < 4.78 is 22.0. The number of piperazine rings is 1. The number of methoxy groups -OCH3 is 1. The number of benzene rings is 2. The molecular weight excluding hydrogens is 492 g/mol. The summed E-state index contributed by atoms with van der Waals surface area (Å²) in [5, 5.41) is 10.8. The van der Waals surface area contributed by atoms with Crippen molar-refractivity contribution in [3.05, 3.63) is 76.0 Å². The summed E-state index contributed by atoms with van der Waals surface area (Å²) >= 11 is 0. The molecule has 2 aromatic carbocycles. The second-order valence-electron chi connectivity index (χ2n) is 9.04. The number of pyridine rings is 1. The molecular formula is C27H28N4O7. The van der Waals surface area contributed by atoms with E-state index in [1.54, 1.807) is 6.07 Å². The van der Waals surface area contributed by atoms with Gasteiger partial charge < -0.3 is 23.8 Å². The molecule has 11 nitrogen and oxygen atoms in total. The normalized spacial score (nSPS) is 14.8. The van der Waals surface area contributed by atoms with Crippen LogP contribution in [-0.2, 0) is 17.8 Å². The molecule has 0 radical (unpaired) electrons. The first-order valence-corrected chi connectivity index (χ1v) is 12.3. The maximum absolute atomic E-state index is 12.9. The van der Waals surface area contributed by atoms with E-state index in [0.717, 1.165) is 42.9 Å². The largest absolute Gasteiger partial charge is 0.493 e. The summed E-state index contributed by atoms with van der Waals surface area (Å²) in [6.45, 7) is 4.10. The van der Waals surface area contributed by atoms with E-state index in [1.165, 1.54) is 24.8 Å². The summed E-state index contributed by atoms with van der Waals surface area (Å²) in [6.07, 6.45) is 2.11. The highest BCUT2D eigenvalue weighted by atomic mass is 16.7. The SMILES string of the molecule is COc1cc(CCC(=O)N2CCN(Cc3ccc4c(c3)OCO4)CC2)ccc1Oc1ccc([N+](=O)[O-])cn1. The number of hydrogen-bond donors (Lipinski definition) is 0. The van der Waals surface area contributed by atoms with Gasteiger partial charge in [-0.1, -0.05) is 12.1 Å². The van der Waals surface area contributed by atoms with Crippen LogP contribution in [0.15, 0.2) is 54.7 Å². The average molecular weight is 521 g/mol. The summed E-state index contributed by atoms with van der Waals surface area (Å²) in [4.78, 5) is 31.4. The van der Waals surface area contributed by atoms with Crippen molar-refractivity contribution in [1.82, 2.24) is 14.8 Å². The van der Waals surface area contributed by atoms with Crippen molar-refractivity contribution >= 4 is 11.6 Å². The highest BCUT2D eigenvalue weighted by Gasteiger charge is 2.22. The maximum Gasteiger partial charge on any atom is 0.287 e. The van der Waals surface area contributed by atoms with Gasteiger partial charge in [0, 0.05) is 51.3 Å². The van der Waals surface area contributed by atoms with Gasteiger partial charge in [-0.3, -0.25) is 19.8 Å². The van der Waals surface area contributed by atoms with E-state index < -0.39 is 4.92 Å². The molecule has 0 bridgehead atoms. The van der Waals surface area contributed by atoms with E-state index in [2.05, 4.69) is 16.0 Å². The third-order valence-electron chi connectivity index (χ3n) is 6.57. The number of rotatable bonds is 9. The lowest BCUT2D eigenvalue weighted by Crippen LogP contribution is -2.48. The van der Waals surface area contributed by atoms with Crippen LogP contribution >= 0.6 is 0 Å². The van der Waals surface area contributed by atoms with Crippen LogP contribution < -0.4 is 18.9 Å². The molecule has 38 heavy (non-hydrogen) atoms. The first-order valence-electron chi connectivity index (χ1n) is 12.3. The Morgan fingerprint density at radius 3 is 2.53 bits per heavy atom. The number of amides is 1. The standard InChI is InChI=1S/C27H28N4O7/c1-35-24-14-19(2-7-23(24)38-26-8-5-21(16-28-26)31(33)34)4-9-27(32)30-12-10-29(11-13-30)17-20-3-6-22-25(15-20)37-18-36-22/h2-3,5-8,14-16H,4,9-13,17-18H2,1H3. The second-order valence-corrected chi connectivity index (χ2v) is 9.04. The van der Waals surface area contributed by atoms with E-state index in [9.17, 15) is 14.9 Å². The third-order valence-corrected chi connectivity index (χ3v) is 6.57. The highest BCUT2D eigenvalue weighted by molar-refractivity contribution is 5.76. The fraction of sp³-hybridized carbons (Fsp3) is 0.333. The molecule has 1 saturated heterocycles. The Balaban J connectivity index is 1.10. The van der Waals surface area contributed by atoms with Crippen molar-refractivity contribution < 1.29 is 28.7 Å². The Hall–Kier alpha value is -4.38. The van der Waals surface area contributed by atoms with Crippen LogP contribution in [0.4, 0.5) is 5.69 Å². The zero-order chi connectivity index (χ0) is 26.5. The van der Waals surface area contributed by atoms with Crippen LogP contribution in [0, 0.1) is 10.1 Å². The number of nitrogens with zero attached hydrogens (tertiary/aromatic N) is 4. The first-order chi connectivity index (χ1) is 18.5. The number of fused-ring (bicyclic) bond motifs is 1. The van der Waals surface area contributed by atoms with Crippen LogP contribution in [-0.4, -0.2) is 65.7 Å². The van der Waals surface area contributed by atoms with E-state index in [1.807, 2.05) is 29.2 Å². The molecule has 0 aliphatic carbocycles. The van der Waals surface area contributed by atoms with E-state index in [0.29, 0.717) is 37.4 Å². The lowest BCUT2D eigenvalue weighted by atomic mass is 10.1. The predicted octanol–water partition coefficient (Wildman–Crippen LogP) is 3.80. The molecule has 1 aromatic heterocycles. The van der Waals surface area contributed by atoms with Gasteiger partial charge >= 0.3 is 0 Å². The monoisotopic (exact) mass is 520 g/mol. The summed E-state index contributed by atoms with van der Waals surface area (Å²) in [5.41, 5.74) is 2.00. The van der Waals surface area contributed by atoms with Crippen molar-refractivity contribution in [3.8, 4) is 28.9 Å². The van der Waals surface area contributed by atoms with Crippen LogP contribution in [0.25, 0.3) is 0 Å². The molecule has 198 valence electrons. The van der Waals surface area contributed by atoms with E-state index in [-0.39, 0.29) is 24.3 Å². The van der Waals surface area contributed by atoms with Crippen molar-refractivity contribution in [1.29, 1.82) is 0 Å². The summed E-state index contributed by atoms with van der Waals surface area (Å²) in [6, 6.07) is 14.2. The Morgan fingerprint density at radius 1 is 1.00 bits per heavy atom. The Kier molecular flexibility index (Phi) is 7.55. The molecule has 3 aromatic rings. The molecule has 0 unspecified atom stereocenters. The van der Waals surface area contributed by atoms with Gasteiger partial charge in [-0.05, 0) is 41.8 Å². The number of carbonyl (C=O) groups is 1. The van der Waals surface area contributed by atoms with Crippen LogP contribution in [0.3, 0.4) is 0 Å². The molecule has 1 fully saturated rings. The minimum Gasteiger partial charge on any atom is -0.493 e. The number of aryl methyl sites for hydroxylation is 1. The lowest BCUT2D eigenvalue weighted by Gasteiger charge is -2.35. The first kappa shape index (κ1) is 25.3. The van der Waals surface area contributed by atoms with E-state index >= 15 is 0 Å². The average Bonchev–Trinajstić information content (AvgIpc) is 3.41. The highest BCUT2D eigenvalue weighted by Crippen LogP contribution is 2.34. The number of ether oxygens (including phenoxy) is 4. The molecule has 1 amide bonds. The minimum atomic E-state index is -0.519. The van der Waals surface area contributed by atoms with Crippen molar-refractivity contribution in [2.75, 3.05) is 40.1 Å². The van der Waals surface area contributed by atoms with Crippen LogP contribution in [0.5, 0.6) is 28.9 Å². The Morgan fingerprint density at radius 2 is 1.79 bits per heavy atom. The van der Waals surface area contributed by atoms with Gasteiger partial charge in [0.05, 0.1) is 12.0 Å². The minimum absolute atomic E-state index is 0.115. The van der Waals surface area contributed by atoms with E-state index in [4.69, 9.17) is 18.9 Å². The van der Waals surface area contributed by atoms with Gasteiger partial charge in [0.1, 0.15) is 6.20 Å². The van der Waals surface area contributed by atoms with Gasteiger partial charge in [-0.2, -0.15) is 0 Å². The maximum atomic E-state index is 12.9. The van der Waals surface area contributed by atoms with Gasteiger partial charge in [0.2, 0.25) is 18.6 Å². The molecule has 3 heterocycles. The quantitative estimate of drug-likeness (QED) is 0.307. The fourth-order valence-electron chi connectivity index (χ4n) is 4.47. The number of aromatic nitrogens is 1. The molecule has 11 heteroatoms. The van der Waals surface area contributed by atoms with Crippen LogP contribution in [0.1, 0.15) is 17.5 Å². The third kappa shape index (κ3) is 5.94. The molecule has 5 rings (SSSR count). The zero-order valence-electron chi connectivity index (χ0n) is 21.0. The fourth-order valence-corrected chi connectivity index (χ4v) is 4.47. The zero-order valence-corrected chi connectivity index (χ0v) is 21.0. The van der Waals surface area contributed by atoms with Crippen LogP contribution in [0.2, 0.25) is 0 Å². The van der Waals surface area contributed by atoms with Gasteiger partial charge in [-0.25, -0.2) is 4.98 Å². The van der Waals surface area contributed by atoms with Crippen molar-refractivity contribution in [2.24, 2.45) is 0 Å². The molecule has 0 N–H and O–H groups in total. The van der Waals surface area contributed by atoms with Gasteiger partial charge in [-0.15, -0.1) is 0 Å². The molecule has 0 spiro atoms. The Labute approximate surface area is 219 Å². The number of hydrogen-bond acceptors (Lipinski definition) is 9. The van der Waals surface area contributed by atoms with Crippen molar-refractivity contribution in [3.63, 3.8) is 0 Å². The summed E-state index contributed by atoms with van der Waals surface area (Å²) in [5.74, 6) is 2.84. The smallest absolute Gasteiger partial charge is 0.287 e. The van der Waals surface area contributed by atoms with Crippen molar-refractivity contribution in [2.45, 2.75) is 19.4 Å². The molecule has 0 saturated carbocycles. The molecule has 2 aliphatic heterocycles. The van der Waals surface area contributed by atoms with Gasteiger partial charge in [0.25, 0.3) is 5.69 Å². The lowest BCUT2D eigenvalue weighted by molar-refractivity contribution is -0.385. The molecule has 2 aliphatic rings.